The van der Waals surface area contributed by atoms with Gasteiger partial charge in [-0.3, -0.25) is 0 Å². The Morgan fingerprint density at radius 1 is 0.632 bits per heavy atom. The predicted octanol–water partition coefficient (Wildman–Crippen LogP) is 6.21. The first kappa shape index (κ1) is 14.6. The normalized spacial score (nSPS) is 30.1. The van der Waals surface area contributed by atoms with Gasteiger partial charge in [0.1, 0.15) is 0 Å². The van der Waals surface area contributed by atoms with Crippen molar-refractivity contribution in [3.63, 3.8) is 0 Å². The second-order valence-corrected chi connectivity index (χ2v) is 6.40. The molecule has 2 fully saturated rings. The summed E-state index contributed by atoms with van der Waals surface area (Å²) in [6, 6.07) is 0. The van der Waals surface area contributed by atoms with Crippen LogP contribution < -0.4 is 0 Å². The van der Waals surface area contributed by atoms with Gasteiger partial charge in [-0.1, -0.05) is 76.7 Å². The lowest BCUT2D eigenvalue weighted by Crippen LogP contribution is -2.22. The molecule has 3 aliphatic rings. The summed E-state index contributed by atoms with van der Waals surface area (Å²) in [5, 5.41) is 0. The van der Waals surface area contributed by atoms with Crippen molar-refractivity contribution < 1.29 is 0 Å². The van der Waals surface area contributed by atoms with Crippen LogP contribution in [0.1, 0.15) is 70.6 Å². The lowest BCUT2D eigenvalue weighted by atomic mass is 9.71. The molecule has 0 aromatic rings. The van der Waals surface area contributed by atoms with Gasteiger partial charge >= 0.3 is 0 Å². The third-order valence-electron chi connectivity index (χ3n) is 5.26. The van der Waals surface area contributed by atoms with E-state index < -0.39 is 0 Å². The zero-order valence-corrected chi connectivity index (χ0v) is 12.5. The van der Waals surface area contributed by atoms with Crippen LogP contribution in [0.15, 0.2) is 36.5 Å². The van der Waals surface area contributed by atoms with Gasteiger partial charge in [0, 0.05) is 0 Å². The molecular formula is C19H30. The molecule has 0 bridgehead atoms. The summed E-state index contributed by atoms with van der Waals surface area (Å²) in [7, 11) is 0. The van der Waals surface area contributed by atoms with Crippen LogP contribution in [0.3, 0.4) is 0 Å². The number of rotatable bonds is 2. The Bertz CT molecular complexity index is 290. The lowest BCUT2D eigenvalue weighted by Gasteiger charge is -2.35. The molecule has 3 aliphatic carbocycles. The van der Waals surface area contributed by atoms with Crippen LogP contribution in [0, 0.1) is 11.8 Å². The number of fused-ring (bicyclic) bond motifs is 1. The Morgan fingerprint density at radius 3 is 1.32 bits per heavy atom. The van der Waals surface area contributed by atoms with Crippen LogP contribution in [0.25, 0.3) is 0 Å². The Balaban J connectivity index is 0.000000141. The lowest BCUT2D eigenvalue weighted by molar-refractivity contribution is 0.171. The van der Waals surface area contributed by atoms with E-state index in [4.69, 9.17) is 0 Å². The van der Waals surface area contributed by atoms with Gasteiger partial charge in [-0.05, 0) is 42.2 Å². The Kier molecular flexibility index (Phi) is 5.94. The second-order valence-electron chi connectivity index (χ2n) is 6.40. The van der Waals surface area contributed by atoms with E-state index in [0.717, 1.165) is 11.8 Å². The van der Waals surface area contributed by atoms with Gasteiger partial charge in [0.05, 0.1) is 0 Å². The number of allylic oxidation sites excluding steroid dienone is 4. The average molecular weight is 258 g/mol. The van der Waals surface area contributed by atoms with Crippen molar-refractivity contribution in [2.24, 2.45) is 11.8 Å². The SMILES string of the molecule is C1CCC2CCCCC2C1.C=CC1=C(C=C)CCC1. The van der Waals surface area contributed by atoms with Crippen LogP contribution in [-0.4, -0.2) is 0 Å². The van der Waals surface area contributed by atoms with E-state index in [1.165, 1.54) is 56.1 Å². The Hall–Kier alpha value is -0.780. The molecule has 0 aromatic carbocycles. The zero-order valence-electron chi connectivity index (χ0n) is 12.5. The van der Waals surface area contributed by atoms with Crippen LogP contribution in [0.5, 0.6) is 0 Å². The van der Waals surface area contributed by atoms with Gasteiger partial charge < -0.3 is 0 Å². The van der Waals surface area contributed by atoms with Crippen LogP contribution in [0.4, 0.5) is 0 Å². The first-order valence-corrected chi connectivity index (χ1v) is 8.32. The highest BCUT2D eigenvalue weighted by molar-refractivity contribution is 5.34. The van der Waals surface area contributed by atoms with Gasteiger partial charge in [-0.25, -0.2) is 0 Å². The van der Waals surface area contributed by atoms with Crippen molar-refractivity contribution in [2.45, 2.75) is 70.6 Å². The maximum Gasteiger partial charge on any atom is -0.0273 e. The predicted molar refractivity (Wildman–Crippen MR) is 85.2 cm³/mol. The molecule has 0 heteroatoms. The first-order valence-electron chi connectivity index (χ1n) is 8.32. The largest absolute Gasteiger partial charge is 0.0988 e. The van der Waals surface area contributed by atoms with E-state index in [1.807, 2.05) is 12.2 Å². The highest BCUT2D eigenvalue weighted by Gasteiger charge is 2.26. The van der Waals surface area contributed by atoms with E-state index in [0.29, 0.717) is 0 Å². The van der Waals surface area contributed by atoms with Crippen LogP contribution in [-0.2, 0) is 0 Å². The average Bonchev–Trinajstić information content (AvgIpc) is 2.95. The van der Waals surface area contributed by atoms with Crippen LogP contribution >= 0.6 is 0 Å². The van der Waals surface area contributed by atoms with Gasteiger partial charge in [0.2, 0.25) is 0 Å². The fourth-order valence-corrected chi connectivity index (χ4v) is 4.11. The summed E-state index contributed by atoms with van der Waals surface area (Å²) in [5.74, 6) is 2.31. The summed E-state index contributed by atoms with van der Waals surface area (Å²) < 4.78 is 0. The molecule has 19 heavy (non-hydrogen) atoms. The van der Waals surface area contributed by atoms with Gasteiger partial charge in [0.15, 0.2) is 0 Å². The molecular weight excluding hydrogens is 228 g/mol. The molecule has 0 radical (unpaired) electrons. The van der Waals surface area contributed by atoms with E-state index >= 15 is 0 Å². The van der Waals surface area contributed by atoms with Gasteiger partial charge in [-0.2, -0.15) is 0 Å². The molecule has 0 atom stereocenters. The molecule has 0 amide bonds. The summed E-state index contributed by atoms with van der Waals surface area (Å²) in [5.41, 5.74) is 2.79. The highest BCUT2D eigenvalue weighted by atomic mass is 14.3. The van der Waals surface area contributed by atoms with Crippen molar-refractivity contribution >= 4 is 0 Å². The molecule has 0 heterocycles. The molecule has 0 unspecified atom stereocenters. The molecule has 0 aromatic heterocycles. The van der Waals surface area contributed by atoms with Gasteiger partial charge in [0.25, 0.3) is 0 Å². The zero-order chi connectivity index (χ0) is 13.5. The van der Waals surface area contributed by atoms with Crippen molar-refractivity contribution in [3.05, 3.63) is 36.5 Å². The first-order chi connectivity index (χ1) is 9.35. The maximum absolute atomic E-state index is 3.74. The van der Waals surface area contributed by atoms with Gasteiger partial charge in [-0.15, -0.1) is 0 Å². The third kappa shape index (κ3) is 4.09. The smallest absolute Gasteiger partial charge is 0.0273 e. The van der Waals surface area contributed by atoms with Crippen LogP contribution in [0.2, 0.25) is 0 Å². The third-order valence-corrected chi connectivity index (χ3v) is 5.26. The Labute approximate surface area is 119 Å². The van der Waals surface area contributed by atoms with E-state index in [1.54, 1.807) is 25.7 Å². The van der Waals surface area contributed by atoms with Crippen molar-refractivity contribution in [1.82, 2.24) is 0 Å². The minimum atomic E-state index is 1.16. The van der Waals surface area contributed by atoms with E-state index in [2.05, 4.69) is 13.2 Å². The summed E-state index contributed by atoms with van der Waals surface area (Å²) in [4.78, 5) is 0. The summed E-state index contributed by atoms with van der Waals surface area (Å²) in [6.07, 6.45) is 19.9. The fourth-order valence-electron chi connectivity index (χ4n) is 4.11. The standard InChI is InChI=1S/C10H18.C9H12/c1-2-6-10-8-4-3-7-9(10)5-1;1-3-8-6-5-7-9(8)4-2/h9-10H,1-8H2;3-4H,1-2,5-7H2. The van der Waals surface area contributed by atoms with E-state index in [9.17, 15) is 0 Å². The van der Waals surface area contributed by atoms with Crippen molar-refractivity contribution in [1.29, 1.82) is 0 Å². The van der Waals surface area contributed by atoms with E-state index in [-0.39, 0.29) is 0 Å². The molecule has 0 nitrogen and oxygen atoms in total. The number of hydrogen-bond donors (Lipinski definition) is 0. The summed E-state index contributed by atoms with van der Waals surface area (Å²) in [6.45, 7) is 7.47. The molecule has 0 aliphatic heterocycles. The molecule has 0 saturated heterocycles. The molecule has 3 rings (SSSR count). The monoisotopic (exact) mass is 258 g/mol. The quantitative estimate of drug-likeness (QED) is 0.552. The summed E-state index contributed by atoms with van der Waals surface area (Å²) >= 11 is 0. The fraction of sp³-hybridized carbons (Fsp3) is 0.684. The highest BCUT2D eigenvalue weighted by Crippen LogP contribution is 2.40. The molecule has 0 spiro atoms. The molecule has 106 valence electrons. The molecule has 0 N–H and O–H groups in total. The molecule has 2 saturated carbocycles. The minimum absolute atomic E-state index is 1.16. The topological polar surface area (TPSA) is 0 Å². The maximum atomic E-state index is 3.74. The Morgan fingerprint density at radius 2 is 1.00 bits per heavy atom. The van der Waals surface area contributed by atoms with Crippen molar-refractivity contribution in [3.8, 4) is 0 Å². The number of hydrogen-bond acceptors (Lipinski definition) is 0. The minimum Gasteiger partial charge on any atom is -0.0988 e. The van der Waals surface area contributed by atoms with Crippen molar-refractivity contribution in [2.75, 3.05) is 0 Å². The second kappa shape index (κ2) is 7.72.